The molecule has 4 atom stereocenters. The standard InChI is InChI=1S/C16H34O3Si/c1-10(2)20(11(3)4,12(5)6)18-9-15(17)13(7)16-14(8)19-16/h10-17H,9H2,1-8H3. The van der Waals surface area contributed by atoms with Crippen LogP contribution < -0.4 is 0 Å². The van der Waals surface area contributed by atoms with Crippen molar-refractivity contribution < 1.29 is 14.3 Å². The Kier molecular flexibility index (Phi) is 6.26. The molecule has 1 heterocycles. The monoisotopic (exact) mass is 302 g/mol. The number of aliphatic hydroxyl groups is 1. The lowest BCUT2D eigenvalue weighted by molar-refractivity contribution is 0.0455. The summed E-state index contributed by atoms with van der Waals surface area (Å²) in [6.45, 7) is 18.2. The quantitative estimate of drug-likeness (QED) is 0.545. The third kappa shape index (κ3) is 3.64. The molecule has 0 saturated carbocycles. The summed E-state index contributed by atoms with van der Waals surface area (Å²) in [6, 6.07) is 0. The Morgan fingerprint density at radius 3 is 1.70 bits per heavy atom. The second kappa shape index (κ2) is 6.90. The Bertz CT molecular complexity index is 282. The van der Waals surface area contributed by atoms with Crippen LogP contribution in [0.4, 0.5) is 0 Å². The largest absolute Gasteiger partial charge is 0.413 e. The second-order valence-corrected chi connectivity index (χ2v) is 12.8. The van der Waals surface area contributed by atoms with Crippen molar-refractivity contribution in [2.75, 3.05) is 6.61 Å². The molecular weight excluding hydrogens is 268 g/mol. The van der Waals surface area contributed by atoms with Crippen LogP contribution in [0.25, 0.3) is 0 Å². The molecular formula is C16H34O3Si. The van der Waals surface area contributed by atoms with E-state index in [4.69, 9.17) is 9.16 Å². The van der Waals surface area contributed by atoms with Crippen LogP contribution in [0.2, 0.25) is 16.6 Å². The van der Waals surface area contributed by atoms with E-state index in [0.29, 0.717) is 29.3 Å². The molecule has 0 aliphatic carbocycles. The van der Waals surface area contributed by atoms with Crippen molar-refractivity contribution in [2.45, 2.75) is 90.3 Å². The molecule has 0 amide bonds. The lowest BCUT2D eigenvalue weighted by Crippen LogP contribution is -2.49. The first kappa shape index (κ1) is 18.1. The molecule has 0 spiro atoms. The van der Waals surface area contributed by atoms with E-state index >= 15 is 0 Å². The molecule has 120 valence electrons. The first-order valence-corrected chi connectivity index (χ1v) is 10.3. The lowest BCUT2D eigenvalue weighted by atomic mass is 10.00. The van der Waals surface area contributed by atoms with Gasteiger partial charge in [0.15, 0.2) is 8.32 Å². The predicted molar refractivity (Wildman–Crippen MR) is 86.5 cm³/mol. The first-order chi connectivity index (χ1) is 9.14. The van der Waals surface area contributed by atoms with Gasteiger partial charge < -0.3 is 14.3 Å². The first-order valence-electron chi connectivity index (χ1n) is 8.12. The van der Waals surface area contributed by atoms with Crippen molar-refractivity contribution in [2.24, 2.45) is 5.92 Å². The maximum absolute atomic E-state index is 10.4. The van der Waals surface area contributed by atoms with Crippen molar-refractivity contribution in [3.8, 4) is 0 Å². The number of rotatable bonds is 8. The fourth-order valence-electron chi connectivity index (χ4n) is 3.85. The van der Waals surface area contributed by atoms with E-state index in [0.717, 1.165) is 0 Å². The van der Waals surface area contributed by atoms with E-state index in [1.807, 2.05) is 0 Å². The highest BCUT2D eigenvalue weighted by atomic mass is 28.4. The van der Waals surface area contributed by atoms with Gasteiger partial charge in [0.2, 0.25) is 0 Å². The SMILES string of the molecule is CC1OC1C(C)C(O)CO[Si](C(C)C)(C(C)C)C(C)C. The van der Waals surface area contributed by atoms with Gasteiger partial charge in [0, 0.05) is 5.92 Å². The van der Waals surface area contributed by atoms with Crippen LogP contribution in [0.3, 0.4) is 0 Å². The van der Waals surface area contributed by atoms with Gasteiger partial charge in [-0.15, -0.1) is 0 Å². The minimum Gasteiger partial charge on any atom is -0.413 e. The van der Waals surface area contributed by atoms with Crippen molar-refractivity contribution >= 4 is 8.32 Å². The molecule has 1 aliphatic rings. The highest BCUT2D eigenvalue weighted by molar-refractivity contribution is 6.77. The van der Waals surface area contributed by atoms with E-state index in [1.165, 1.54) is 0 Å². The van der Waals surface area contributed by atoms with Gasteiger partial charge in [-0.25, -0.2) is 0 Å². The van der Waals surface area contributed by atoms with Crippen LogP contribution in [-0.2, 0) is 9.16 Å². The summed E-state index contributed by atoms with van der Waals surface area (Å²) in [6.07, 6.45) is 0.0804. The zero-order valence-electron chi connectivity index (χ0n) is 14.5. The van der Waals surface area contributed by atoms with E-state index in [-0.39, 0.29) is 12.0 Å². The molecule has 3 nitrogen and oxygen atoms in total. The van der Waals surface area contributed by atoms with Crippen molar-refractivity contribution in [1.82, 2.24) is 0 Å². The minimum absolute atomic E-state index is 0.156. The van der Waals surface area contributed by atoms with E-state index in [1.54, 1.807) is 0 Å². The topological polar surface area (TPSA) is 42.0 Å². The van der Waals surface area contributed by atoms with Gasteiger partial charge in [0.05, 0.1) is 24.9 Å². The van der Waals surface area contributed by atoms with Crippen LogP contribution in [0.5, 0.6) is 0 Å². The van der Waals surface area contributed by atoms with Crippen molar-refractivity contribution in [1.29, 1.82) is 0 Å². The van der Waals surface area contributed by atoms with Crippen molar-refractivity contribution in [3.63, 3.8) is 0 Å². The highest BCUT2D eigenvalue weighted by Crippen LogP contribution is 2.42. The number of aliphatic hydroxyl groups excluding tert-OH is 1. The van der Waals surface area contributed by atoms with Crippen LogP contribution in [0, 0.1) is 5.92 Å². The van der Waals surface area contributed by atoms with Crippen molar-refractivity contribution in [3.05, 3.63) is 0 Å². The van der Waals surface area contributed by atoms with Gasteiger partial charge in [-0.05, 0) is 23.5 Å². The van der Waals surface area contributed by atoms with Gasteiger partial charge in [-0.2, -0.15) is 0 Å². The molecule has 1 fully saturated rings. The summed E-state index contributed by atoms with van der Waals surface area (Å²) >= 11 is 0. The fraction of sp³-hybridized carbons (Fsp3) is 1.00. The molecule has 0 aromatic heterocycles. The van der Waals surface area contributed by atoms with E-state index in [9.17, 15) is 5.11 Å². The average molecular weight is 303 g/mol. The summed E-state index contributed by atoms with van der Waals surface area (Å²) in [7, 11) is -1.87. The molecule has 0 radical (unpaired) electrons. The zero-order chi connectivity index (χ0) is 15.7. The molecule has 1 N–H and O–H groups in total. The minimum atomic E-state index is -1.87. The Morgan fingerprint density at radius 1 is 1.00 bits per heavy atom. The van der Waals surface area contributed by atoms with Crippen LogP contribution >= 0.6 is 0 Å². The van der Waals surface area contributed by atoms with Crippen LogP contribution in [-0.4, -0.2) is 38.3 Å². The summed E-state index contributed by atoms with van der Waals surface area (Å²) in [5, 5.41) is 10.4. The molecule has 4 heteroatoms. The van der Waals surface area contributed by atoms with Gasteiger partial charge in [-0.1, -0.05) is 48.5 Å². The summed E-state index contributed by atoms with van der Waals surface area (Å²) in [4.78, 5) is 0. The molecule has 1 aliphatic heterocycles. The third-order valence-corrected chi connectivity index (χ3v) is 11.2. The summed E-state index contributed by atoms with van der Waals surface area (Å²) in [5.41, 5.74) is 1.67. The Labute approximate surface area is 126 Å². The average Bonchev–Trinajstić information content (AvgIpc) is 3.04. The van der Waals surface area contributed by atoms with Gasteiger partial charge in [-0.3, -0.25) is 0 Å². The van der Waals surface area contributed by atoms with Gasteiger partial charge in [0.1, 0.15) is 0 Å². The molecule has 0 aromatic rings. The summed E-state index contributed by atoms with van der Waals surface area (Å²) < 4.78 is 11.9. The van der Waals surface area contributed by atoms with Crippen LogP contribution in [0.1, 0.15) is 55.4 Å². The zero-order valence-corrected chi connectivity index (χ0v) is 15.5. The van der Waals surface area contributed by atoms with Gasteiger partial charge in [0.25, 0.3) is 0 Å². The predicted octanol–water partition coefficient (Wildman–Crippen LogP) is 3.96. The smallest absolute Gasteiger partial charge is 0.200 e. The van der Waals surface area contributed by atoms with Gasteiger partial charge >= 0.3 is 0 Å². The molecule has 4 unspecified atom stereocenters. The number of hydrogen-bond acceptors (Lipinski definition) is 3. The Morgan fingerprint density at radius 2 is 1.40 bits per heavy atom. The summed E-state index contributed by atoms with van der Waals surface area (Å²) in [5.74, 6) is 0.156. The van der Waals surface area contributed by atoms with E-state index < -0.39 is 14.4 Å². The normalized spacial score (nSPS) is 26.4. The number of ether oxygens (including phenoxy) is 1. The van der Waals surface area contributed by atoms with Crippen LogP contribution in [0.15, 0.2) is 0 Å². The molecule has 20 heavy (non-hydrogen) atoms. The number of epoxide rings is 1. The fourth-order valence-corrected chi connectivity index (χ4v) is 9.31. The Balaban J connectivity index is 2.66. The maximum Gasteiger partial charge on any atom is 0.200 e. The maximum atomic E-state index is 10.4. The highest BCUT2D eigenvalue weighted by Gasteiger charge is 2.47. The second-order valence-electron chi connectivity index (χ2n) is 7.36. The molecule has 0 aromatic carbocycles. The molecule has 1 rings (SSSR count). The lowest BCUT2D eigenvalue weighted by Gasteiger charge is -2.43. The van der Waals surface area contributed by atoms with E-state index in [2.05, 4.69) is 55.4 Å². The molecule has 1 saturated heterocycles. The number of hydrogen-bond donors (Lipinski definition) is 1. The third-order valence-electron chi connectivity index (χ3n) is 5.09. The Hall–Kier alpha value is 0.0969. The molecule has 0 bridgehead atoms.